The van der Waals surface area contributed by atoms with Gasteiger partial charge in [-0.05, 0) is 56.1 Å². The number of hydrogen-bond donors (Lipinski definition) is 3. The number of benzene rings is 1. The van der Waals surface area contributed by atoms with Crippen LogP contribution in [0.15, 0.2) is 42.7 Å². The fourth-order valence-corrected chi connectivity index (χ4v) is 6.48. The molecule has 1 aliphatic heterocycles. The molecule has 6 heteroatoms. The predicted octanol–water partition coefficient (Wildman–Crippen LogP) is 5.19. The minimum atomic E-state index is -0.495. The standard InChI is InChI=1S/C29H44N4O2/c1-22-32-29(28(35)33(22)2,18-16-23-10-5-3-6-11-23)21-24-12-9-15-26(20-24)30-19-17-27(34)31-25-13-7-4-8-14-25/h4,7-8,13-14,23-24,26,30,32H,1,3,5-6,9-12,15-21H2,2H3,(H,31,34)/t24-,26+,29+/m0/s1. The summed E-state index contributed by atoms with van der Waals surface area (Å²) < 4.78 is 0. The molecule has 1 saturated heterocycles. The Morgan fingerprint density at radius 1 is 1.09 bits per heavy atom. The van der Waals surface area contributed by atoms with Gasteiger partial charge >= 0.3 is 0 Å². The number of carbonyl (C=O) groups is 2. The zero-order valence-corrected chi connectivity index (χ0v) is 21.5. The van der Waals surface area contributed by atoms with E-state index < -0.39 is 5.54 Å². The Hall–Kier alpha value is -2.34. The molecule has 1 aromatic rings. The van der Waals surface area contributed by atoms with Gasteiger partial charge in [0.15, 0.2) is 0 Å². The minimum absolute atomic E-state index is 0.0417. The van der Waals surface area contributed by atoms with Gasteiger partial charge < -0.3 is 20.9 Å². The average molecular weight is 481 g/mol. The van der Waals surface area contributed by atoms with Gasteiger partial charge in [0.05, 0.1) is 0 Å². The van der Waals surface area contributed by atoms with Crippen molar-refractivity contribution in [3.05, 3.63) is 42.7 Å². The van der Waals surface area contributed by atoms with Gasteiger partial charge in [-0.25, -0.2) is 0 Å². The summed E-state index contributed by atoms with van der Waals surface area (Å²) in [5.74, 6) is 2.25. The molecule has 4 rings (SSSR count). The van der Waals surface area contributed by atoms with Crippen LogP contribution in [0.25, 0.3) is 0 Å². The van der Waals surface area contributed by atoms with E-state index in [4.69, 9.17) is 0 Å². The molecule has 6 nitrogen and oxygen atoms in total. The molecule has 3 N–H and O–H groups in total. The second-order valence-electron chi connectivity index (χ2n) is 11.1. The van der Waals surface area contributed by atoms with Gasteiger partial charge in [0.1, 0.15) is 11.4 Å². The van der Waals surface area contributed by atoms with Crippen LogP contribution in [0.2, 0.25) is 0 Å². The number of para-hydroxylation sites is 1. The molecule has 0 bridgehead atoms. The molecule has 1 heterocycles. The molecular formula is C29H44N4O2. The third kappa shape index (κ3) is 6.87. The van der Waals surface area contributed by atoms with Gasteiger partial charge in [-0.3, -0.25) is 9.59 Å². The molecule has 1 aromatic carbocycles. The van der Waals surface area contributed by atoms with E-state index in [2.05, 4.69) is 22.5 Å². The summed E-state index contributed by atoms with van der Waals surface area (Å²) >= 11 is 0. The summed E-state index contributed by atoms with van der Waals surface area (Å²) in [5.41, 5.74) is 0.347. The first-order valence-corrected chi connectivity index (χ1v) is 13.8. The number of anilines is 1. The van der Waals surface area contributed by atoms with Crippen molar-refractivity contribution in [3.8, 4) is 0 Å². The molecule has 2 aliphatic carbocycles. The molecule has 3 fully saturated rings. The van der Waals surface area contributed by atoms with Crippen molar-refractivity contribution >= 4 is 17.5 Å². The predicted molar refractivity (Wildman–Crippen MR) is 142 cm³/mol. The molecule has 0 radical (unpaired) electrons. The maximum atomic E-state index is 13.4. The Kier molecular flexibility index (Phi) is 8.88. The smallest absolute Gasteiger partial charge is 0.253 e. The molecule has 0 aromatic heterocycles. The van der Waals surface area contributed by atoms with Crippen LogP contribution in [0.5, 0.6) is 0 Å². The van der Waals surface area contributed by atoms with Crippen LogP contribution in [0.3, 0.4) is 0 Å². The summed E-state index contributed by atoms with van der Waals surface area (Å²) in [6, 6.07) is 10.0. The van der Waals surface area contributed by atoms with E-state index in [-0.39, 0.29) is 11.8 Å². The highest BCUT2D eigenvalue weighted by atomic mass is 16.2. The van der Waals surface area contributed by atoms with Gasteiger partial charge in [0.25, 0.3) is 5.91 Å². The summed E-state index contributed by atoms with van der Waals surface area (Å²) in [6.45, 7) is 4.79. The number of nitrogens with one attached hydrogen (secondary N) is 3. The average Bonchev–Trinajstić information content (AvgIpc) is 3.08. The molecule has 35 heavy (non-hydrogen) atoms. The molecule has 0 unspecified atom stereocenters. The number of amides is 2. The third-order valence-corrected chi connectivity index (χ3v) is 8.47. The Morgan fingerprint density at radius 2 is 1.83 bits per heavy atom. The van der Waals surface area contributed by atoms with Gasteiger partial charge in [-0.2, -0.15) is 0 Å². The van der Waals surface area contributed by atoms with Gasteiger partial charge in [-0.1, -0.05) is 69.7 Å². The van der Waals surface area contributed by atoms with Crippen molar-refractivity contribution in [2.75, 3.05) is 18.9 Å². The van der Waals surface area contributed by atoms with Gasteiger partial charge in [-0.15, -0.1) is 0 Å². The molecule has 3 aliphatic rings. The topological polar surface area (TPSA) is 73.5 Å². The highest BCUT2D eigenvalue weighted by molar-refractivity contribution is 5.91. The lowest BCUT2D eigenvalue weighted by atomic mass is 9.74. The van der Waals surface area contributed by atoms with Crippen molar-refractivity contribution in [3.63, 3.8) is 0 Å². The van der Waals surface area contributed by atoms with Crippen LogP contribution in [0.4, 0.5) is 5.69 Å². The van der Waals surface area contributed by atoms with E-state index >= 15 is 0 Å². The van der Waals surface area contributed by atoms with Crippen LogP contribution in [0.1, 0.15) is 83.5 Å². The monoisotopic (exact) mass is 480 g/mol. The van der Waals surface area contributed by atoms with E-state index in [0.717, 1.165) is 49.5 Å². The fourth-order valence-electron chi connectivity index (χ4n) is 6.48. The highest BCUT2D eigenvalue weighted by Gasteiger charge is 2.48. The lowest BCUT2D eigenvalue weighted by Gasteiger charge is -2.37. The number of rotatable bonds is 10. The first-order chi connectivity index (χ1) is 16.9. The summed E-state index contributed by atoms with van der Waals surface area (Å²) in [4.78, 5) is 27.4. The summed E-state index contributed by atoms with van der Waals surface area (Å²) in [7, 11) is 1.85. The SMILES string of the molecule is C=C1N[C@](CCC2CCCCC2)(C[C@H]2CCC[C@@H](NCCC(=O)Nc3ccccc3)C2)C(=O)N1C. The van der Waals surface area contributed by atoms with Crippen LogP contribution in [-0.4, -0.2) is 41.9 Å². The van der Waals surface area contributed by atoms with Gasteiger partial charge in [0.2, 0.25) is 5.91 Å². The minimum Gasteiger partial charge on any atom is -0.358 e. The first-order valence-electron chi connectivity index (χ1n) is 13.8. The van der Waals surface area contributed by atoms with Crippen LogP contribution < -0.4 is 16.0 Å². The quantitative estimate of drug-likeness (QED) is 0.431. The maximum absolute atomic E-state index is 13.4. The number of hydrogen-bond acceptors (Lipinski definition) is 4. The lowest BCUT2D eigenvalue weighted by molar-refractivity contribution is -0.132. The zero-order valence-electron chi connectivity index (χ0n) is 21.5. The van der Waals surface area contributed by atoms with Crippen molar-refractivity contribution in [2.45, 2.75) is 95.1 Å². The van der Waals surface area contributed by atoms with Crippen LogP contribution in [-0.2, 0) is 9.59 Å². The maximum Gasteiger partial charge on any atom is 0.253 e. The highest BCUT2D eigenvalue weighted by Crippen LogP contribution is 2.39. The van der Waals surface area contributed by atoms with Crippen molar-refractivity contribution in [1.82, 2.24) is 15.5 Å². The van der Waals surface area contributed by atoms with Gasteiger partial charge in [0, 0.05) is 31.7 Å². The second kappa shape index (κ2) is 12.1. The molecular weight excluding hydrogens is 436 g/mol. The summed E-state index contributed by atoms with van der Waals surface area (Å²) in [5, 5.41) is 10.1. The number of nitrogens with zero attached hydrogens (tertiary/aromatic N) is 1. The Morgan fingerprint density at radius 3 is 2.54 bits per heavy atom. The van der Waals surface area contributed by atoms with Crippen molar-refractivity contribution in [2.24, 2.45) is 11.8 Å². The Bertz CT molecular complexity index is 867. The van der Waals surface area contributed by atoms with Crippen LogP contribution in [0, 0.1) is 11.8 Å². The van der Waals surface area contributed by atoms with E-state index in [1.807, 2.05) is 37.4 Å². The number of carbonyl (C=O) groups excluding carboxylic acids is 2. The molecule has 3 atom stereocenters. The zero-order chi connectivity index (χ0) is 24.7. The molecule has 2 amide bonds. The third-order valence-electron chi connectivity index (χ3n) is 8.47. The Labute approximate surface area is 211 Å². The molecule has 192 valence electrons. The van der Waals surface area contributed by atoms with E-state index in [0.29, 0.717) is 24.9 Å². The van der Waals surface area contributed by atoms with Crippen molar-refractivity contribution in [1.29, 1.82) is 0 Å². The van der Waals surface area contributed by atoms with E-state index in [1.165, 1.54) is 44.9 Å². The Balaban J connectivity index is 1.28. The van der Waals surface area contributed by atoms with E-state index in [9.17, 15) is 9.59 Å². The van der Waals surface area contributed by atoms with E-state index in [1.54, 1.807) is 4.90 Å². The van der Waals surface area contributed by atoms with Crippen molar-refractivity contribution < 1.29 is 9.59 Å². The molecule has 0 spiro atoms. The number of likely N-dealkylation sites (N-methyl/N-ethyl adjacent to an activating group) is 1. The summed E-state index contributed by atoms with van der Waals surface area (Å²) in [6.07, 6.45) is 14.6. The molecule has 2 saturated carbocycles. The lowest BCUT2D eigenvalue weighted by Crippen LogP contribution is -2.49. The largest absolute Gasteiger partial charge is 0.358 e. The fraction of sp³-hybridized carbons (Fsp3) is 0.655. The normalized spacial score (nSPS) is 27.6. The van der Waals surface area contributed by atoms with Crippen LogP contribution >= 0.6 is 0 Å². The second-order valence-corrected chi connectivity index (χ2v) is 11.1. The first kappa shape index (κ1) is 25.7.